The molecule has 0 bridgehead atoms. The van der Waals surface area contributed by atoms with E-state index in [4.69, 9.17) is 4.74 Å². The van der Waals surface area contributed by atoms with Gasteiger partial charge in [-0.3, -0.25) is 24.7 Å². The smallest absolute Gasteiger partial charge is 0.228 e. The fourth-order valence-electron chi connectivity index (χ4n) is 3.15. The number of nitrogens with zero attached hydrogens (tertiary/aromatic N) is 1. The Morgan fingerprint density at radius 3 is 2.59 bits per heavy atom. The fraction of sp³-hybridized carbons (Fsp3) is 0.143. The van der Waals surface area contributed by atoms with E-state index >= 15 is 0 Å². The number of amides is 3. The summed E-state index contributed by atoms with van der Waals surface area (Å²) in [5.41, 5.74) is 0.929. The van der Waals surface area contributed by atoms with Crippen molar-refractivity contribution in [2.75, 3.05) is 5.32 Å². The molecule has 7 nitrogen and oxygen atoms in total. The second kappa shape index (κ2) is 7.67. The van der Waals surface area contributed by atoms with Crippen LogP contribution >= 0.6 is 0 Å². The molecule has 2 N–H and O–H groups in total. The Morgan fingerprint density at radius 2 is 1.83 bits per heavy atom. The number of rotatable bonds is 4. The molecule has 0 atom stereocenters. The third-order valence-corrected chi connectivity index (χ3v) is 4.54. The van der Waals surface area contributed by atoms with Gasteiger partial charge in [-0.1, -0.05) is 12.1 Å². The van der Waals surface area contributed by atoms with Crippen LogP contribution in [0.5, 0.6) is 11.5 Å². The van der Waals surface area contributed by atoms with Crippen LogP contribution in [0.3, 0.4) is 0 Å². The summed E-state index contributed by atoms with van der Waals surface area (Å²) in [7, 11) is 0. The zero-order chi connectivity index (χ0) is 20.4. The largest absolute Gasteiger partial charge is 0.454 e. The molecule has 1 saturated heterocycles. The summed E-state index contributed by atoms with van der Waals surface area (Å²) in [4.78, 5) is 39.3. The minimum Gasteiger partial charge on any atom is -0.454 e. The van der Waals surface area contributed by atoms with Crippen molar-refractivity contribution >= 4 is 34.3 Å². The lowest BCUT2D eigenvalue weighted by atomic mass is 9.96. The molecule has 2 heterocycles. The third-order valence-electron chi connectivity index (χ3n) is 4.54. The fourth-order valence-corrected chi connectivity index (χ4v) is 3.15. The molecule has 0 radical (unpaired) electrons. The summed E-state index contributed by atoms with van der Waals surface area (Å²) >= 11 is 0. The minimum absolute atomic E-state index is 0.00780. The topological polar surface area (TPSA) is 97.4 Å². The number of nitrogens with one attached hydrogen (secondary N) is 2. The average Bonchev–Trinajstić information content (AvgIpc) is 2.69. The first-order chi connectivity index (χ1) is 14.0. The van der Waals surface area contributed by atoms with Crippen LogP contribution in [0.1, 0.15) is 12.8 Å². The lowest BCUT2D eigenvalue weighted by Gasteiger charge is -2.20. The molecule has 8 heteroatoms. The summed E-state index contributed by atoms with van der Waals surface area (Å²) in [6.45, 7) is 0. The Labute approximate surface area is 164 Å². The number of aromatic nitrogens is 1. The number of carbonyl (C=O) groups is 3. The molecule has 0 aliphatic carbocycles. The first-order valence-electron chi connectivity index (χ1n) is 8.94. The lowest BCUT2D eigenvalue weighted by Crippen LogP contribution is -2.42. The van der Waals surface area contributed by atoms with Crippen LogP contribution in [0.4, 0.5) is 10.1 Å². The van der Waals surface area contributed by atoms with Crippen molar-refractivity contribution in [2.45, 2.75) is 12.8 Å². The molecular formula is C21H16FN3O4. The molecule has 1 fully saturated rings. The highest BCUT2D eigenvalue weighted by atomic mass is 19.1. The highest BCUT2D eigenvalue weighted by molar-refractivity contribution is 6.04. The molecule has 3 aromatic rings. The van der Waals surface area contributed by atoms with Gasteiger partial charge in [-0.25, -0.2) is 4.39 Å². The quantitative estimate of drug-likeness (QED) is 0.664. The molecule has 4 rings (SSSR count). The van der Waals surface area contributed by atoms with Crippen LogP contribution in [-0.4, -0.2) is 22.7 Å². The zero-order valence-corrected chi connectivity index (χ0v) is 15.1. The Bertz CT molecular complexity index is 1110. The summed E-state index contributed by atoms with van der Waals surface area (Å²) in [5, 5.41) is 5.42. The van der Waals surface area contributed by atoms with Gasteiger partial charge in [0.1, 0.15) is 5.75 Å². The standard InChI is InChI=1S/C21H16FN3O4/c22-15-11-13(24-21(28)12-9-19(26)25-20(27)10-12)5-6-18(15)29-17-7-8-23-16-4-2-1-3-14(16)17/h1-8,11-12H,9-10H2,(H,24,28)(H,25,26,27). The van der Waals surface area contributed by atoms with Crippen LogP contribution in [0.15, 0.2) is 54.7 Å². The highest BCUT2D eigenvalue weighted by Gasteiger charge is 2.30. The van der Waals surface area contributed by atoms with Gasteiger partial charge in [-0.2, -0.15) is 0 Å². The number of carbonyl (C=O) groups excluding carboxylic acids is 3. The van der Waals surface area contributed by atoms with E-state index in [1.807, 2.05) is 24.3 Å². The number of hydrogen-bond acceptors (Lipinski definition) is 5. The monoisotopic (exact) mass is 393 g/mol. The van der Waals surface area contributed by atoms with E-state index in [9.17, 15) is 18.8 Å². The van der Waals surface area contributed by atoms with Gasteiger partial charge in [0, 0.05) is 36.2 Å². The maximum atomic E-state index is 14.5. The second-order valence-electron chi connectivity index (χ2n) is 6.64. The number of imide groups is 1. The van der Waals surface area contributed by atoms with Crippen molar-refractivity contribution in [2.24, 2.45) is 5.92 Å². The molecule has 0 spiro atoms. The number of para-hydroxylation sites is 1. The molecule has 1 aromatic heterocycles. The Hall–Kier alpha value is -3.81. The highest BCUT2D eigenvalue weighted by Crippen LogP contribution is 2.31. The van der Waals surface area contributed by atoms with Crippen LogP contribution in [-0.2, 0) is 14.4 Å². The van der Waals surface area contributed by atoms with Crippen LogP contribution in [0.2, 0.25) is 0 Å². The molecule has 0 saturated carbocycles. The van der Waals surface area contributed by atoms with Crippen molar-refractivity contribution in [3.05, 3.63) is 60.5 Å². The Morgan fingerprint density at radius 1 is 1.07 bits per heavy atom. The number of halogens is 1. The molecule has 146 valence electrons. The average molecular weight is 393 g/mol. The van der Waals surface area contributed by atoms with E-state index in [0.29, 0.717) is 5.75 Å². The number of hydrogen-bond donors (Lipinski definition) is 2. The van der Waals surface area contributed by atoms with Gasteiger partial charge in [0.2, 0.25) is 17.7 Å². The molecular weight excluding hydrogens is 377 g/mol. The van der Waals surface area contributed by atoms with Crippen molar-refractivity contribution in [3.8, 4) is 11.5 Å². The van der Waals surface area contributed by atoms with E-state index in [1.165, 1.54) is 12.1 Å². The molecule has 1 aliphatic heterocycles. The third kappa shape index (κ3) is 4.06. The number of benzene rings is 2. The summed E-state index contributed by atoms with van der Waals surface area (Å²) in [6.07, 6.45) is 1.40. The van der Waals surface area contributed by atoms with Gasteiger partial charge in [0.15, 0.2) is 11.6 Å². The number of fused-ring (bicyclic) bond motifs is 1. The van der Waals surface area contributed by atoms with Gasteiger partial charge in [-0.15, -0.1) is 0 Å². The van der Waals surface area contributed by atoms with Crippen molar-refractivity contribution in [3.63, 3.8) is 0 Å². The number of piperidine rings is 1. The molecule has 29 heavy (non-hydrogen) atoms. The van der Waals surface area contributed by atoms with E-state index in [2.05, 4.69) is 15.6 Å². The minimum atomic E-state index is -0.779. The van der Waals surface area contributed by atoms with E-state index in [1.54, 1.807) is 12.3 Å². The van der Waals surface area contributed by atoms with Crippen molar-refractivity contribution in [1.82, 2.24) is 10.3 Å². The first-order valence-corrected chi connectivity index (χ1v) is 8.94. The lowest BCUT2D eigenvalue weighted by molar-refractivity contribution is -0.138. The molecule has 2 aromatic carbocycles. The van der Waals surface area contributed by atoms with Gasteiger partial charge in [-0.05, 0) is 30.3 Å². The molecule has 3 amide bonds. The number of pyridine rings is 1. The first kappa shape index (κ1) is 18.5. The van der Waals surface area contributed by atoms with Crippen molar-refractivity contribution in [1.29, 1.82) is 0 Å². The zero-order valence-electron chi connectivity index (χ0n) is 15.1. The van der Waals surface area contributed by atoms with E-state index in [0.717, 1.165) is 17.0 Å². The van der Waals surface area contributed by atoms with Gasteiger partial charge < -0.3 is 10.1 Å². The molecule has 0 unspecified atom stereocenters. The van der Waals surface area contributed by atoms with Crippen LogP contribution < -0.4 is 15.4 Å². The SMILES string of the molecule is O=C1CC(C(=O)Nc2ccc(Oc3ccnc4ccccc34)c(F)c2)CC(=O)N1. The van der Waals surface area contributed by atoms with E-state index < -0.39 is 29.5 Å². The maximum absolute atomic E-state index is 14.5. The van der Waals surface area contributed by atoms with Gasteiger partial charge in [0.05, 0.1) is 11.4 Å². The van der Waals surface area contributed by atoms with Gasteiger partial charge in [0.25, 0.3) is 0 Å². The predicted octanol–water partition coefficient (Wildman–Crippen LogP) is 3.16. The predicted molar refractivity (Wildman–Crippen MR) is 103 cm³/mol. The van der Waals surface area contributed by atoms with Crippen LogP contribution in [0, 0.1) is 11.7 Å². The van der Waals surface area contributed by atoms with E-state index in [-0.39, 0.29) is 24.3 Å². The number of anilines is 1. The summed E-state index contributed by atoms with van der Waals surface area (Å²) < 4.78 is 20.2. The maximum Gasteiger partial charge on any atom is 0.228 e. The normalized spacial score (nSPS) is 14.5. The van der Waals surface area contributed by atoms with Gasteiger partial charge >= 0.3 is 0 Å². The van der Waals surface area contributed by atoms with Crippen LogP contribution in [0.25, 0.3) is 10.9 Å². The second-order valence-corrected chi connectivity index (χ2v) is 6.64. The Balaban J connectivity index is 1.50. The summed E-state index contributed by atoms with van der Waals surface area (Å²) in [5.74, 6) is -2.51. The van der Waals surface area contributed by atoms with Crippen molar-refractivity contribution < 1.29 is 23.5 Å². The Kier molecular flexibility index (Phi) is 4.90. The molecule has 1 aliphatic rings. The summed E-state index contributed by atoms with van der Waals surface area (Å²) in [6, 6.07) is 13.0. The number of ether oxygens (including phenoxy) is 1.